The Hall–Kier alpha value is -0.645. The zero-order valence-electron chi connectivity index (χ0n) is 7.22. The summed E-state index contributed by atoms with van der Waals surface area (Å²) < 4.78 is 41.1. The predicted octanol–water partition coefficient (Wildman–Crippen LogP) is 3.68. The van der Waals surface area contributed by atoms with Crippen molar-refractivity contribution in [2.45, 2.75) is 6.32 Å². The maximum Gasteiger partial charge on any atom is 0.481 e. The topological polar surface area (TPSA) is 9.23 Å². The molecule has 0 heterocycles. The van der Waals surface area contributed by atoms with Crippen LogP contribution < -0.4 is 4.74 Å². The molecule has 1 rings (SSSR count). The van der Waals surface area contributed by atoms with E-state index in [9.17, 15) is 12.9 Å². The quantitative estimate of drug-likeness (QED) is 0.757. The van der Waals surface area contributed by atoms with Gasteiger partial charge in [0, 0.05) is 4.47 Å². The van der Waals surface area contributed by atoms with Crippen LogP contribution in [0.3, 0.4) is 0 Å². The molecule has 0 radical (unpaired) electrons. The van der Waals surface area contributed by atoms with Crippen molar-refractivity contribution in [1.82, 2.24) is 0 Å². The molecule has 0 saturated heterocycles. The summed E-state index contributed by atoms with van der Waals surface area (Å²) in [6.07, 6.45) is -0.869. The highest BCUT2D eigenvalue weighted by Gasteiger charge is 2.22. The van der Waals surface area contributed by atoms with Gasteiger partial charge in [-0.05, 0) is 18.2 Å². The zero-order valence-corrected chi connectivity index (χ0v) is 8.81. The smallest absolute Gasteiger partial charge is 0.481 e. The lowest BCUT2D eigenvalue weighted by Gasteiger charge is -2.13. The van der Waals surface area contributed by atoms with E-state index in [0.717, 1.165) is 4.47 Å². The van der Waals surface area contributed by atoms with E-state index < -0.39 is 13.3 Å². The van der Waals surface area contributed by atoms with Crippen LogP contribution in [0.25, 0.3) is 0 Å². The van der Waals surface area contributed by atoms with Gasteiger partial charge in [0.25, 0.3) is 0 Å². The monoisotopic (exact) mass is 267 g/mol. The number of hydrogen-bond acceptors (Lipinski definition) is 1. The Morgan fingerprint density at radius 2 is 2.00 bits per heavy atom. The second-order valence-electron chi connectivity index (χ2n) is 2.80. The fourth-order valence-corrected chi connectivity index (χ4v) is 1.25. The molecule has 0 aliphatic heterocycles. The van der Waals surface area contributed by atoms with Crippen molar-refractivity contribution < 1.29 is 17.7 Å². The molecule has 1 nitrogen and oxygen atoms in total. The van der Waals surface area contributed by atoms with E-state index in [1.807, 2.05) is 0 Å². The van der Waals surface area contributed by atoms with Gasteiger partial charge in [-0.1, -0.05) is 28.3 Å². The van der Waals surface area contributed by atoms with Crippen LogP contribution in [-0.4, -0.2) is 13.6 Å². The highest BCUT2D eigenvalue weighted by atomic mass is 79.9. The molecule has 0 atom stereocenters. The first-order valence-corrected chi connectivity index (χ1v) is 4.86. The third kappa shape index (κ3) is 4.55. The lowest BCUT2D eigenvalue weighted by atomic mass is 9.87. The van der Waals surface area contributed by atoms with Gasteiger partial charge in [-0.3, -0.25) is 0 Å². The minimum Gasteiger partial charge on any atom is -0.497 e. The molecular formula is C8H8BBrF3O-. The summed E-state index contributed by atoms with van der Waals surface area (Å²) in [5, 5.41) is 0. The standard InChI is InChI=1S/C8H8BBrF3O/c10-7-2-1-3-8(6-7)14-5-4-9(11,12)13/h1-3,6H,4-5H2/q-1. The summed E-state index contributed by atoms with van der Waals surface area (Å²) in [5.74, 6) is 0.444. The molecule has 0 amide bonds. The van der Waals surface area contributed by atoms with Gasteiger partial charge >= 0.3 is 6.98 Å². The van der Waals surface area contributed by atoms with E-state index in [0.29, 0.717) is 5.75 Å². The van der Waals surface area contributed by atoms with Gasteiger partial charge < -0.3 is 17.7 Å². The number of halogens is 4. The van der Waals surface area contributed by atoms with Crippen molar-refractivity contribution >= 4 is 22.9 Å². The predicted molar refractivity (Wildman–Crippen MR) is 53.5 cm³/mol. The van der Waals surface area contributed by atoms with Gasteiger partial charge in [0.05, 0.1) is 6.61 Å². The Balaban J connectivity index is 2.39. The van der Waals surface area contributed by atoms with Crippen LogP contribution in [0.2, 0.25) is 6.32 Å². The van der Waals surface area contributed by atoms with Crippen molar-refractivity contribution in [2.75, 3.05) is 6.61 Å². The lowest BCUT2D eigenvalue weighted by Crippen LogP contribution is -2.18. The first-order valence-electron chi connectivity index (χ1n) is 4.07. The summed E-state index contributed by atoms with van der Waals surface area (Å²) >= 11 is 3.20. The minimum atomic E-state index is -4.75. The molecule has 78 valence electrons. The SMILES string of the molecule is F[B-](F)(F)CCOc1cccc(Br)c1. The van der Waals surface area contributed by atoms with Crippen LogP contribution in [0, 0.1) is 0 Å². The molecule has 0 aliphatic rings. The van der Waals surface area contributed by atoms with Crippen molar-refractivity contribution in [1.29, 1.82) is 0 Å². The maximum absolute atomic E-state index is 11.8. The summed E-state index contributed by atoms with van der Waals surface area (Å²) in [6.45, 7) is -5.07. The second kappa shape index (κ2) is 4.73. The molecular weight excluding hydrogens is 260 g/mol. The molecule has 0 bridgehead atoms. The molecule has 6 heteroatoms. The molecule has 0 aliphatic carbocycles. The van der Waals surface area contributed by atoms with Gasteiger partial charge in [-0.15, -0.1) is 0 Å². The summed E-state index contributed by atoms with van der Waals surface area (Å²) in [4.78, 5) is 0. The Bertz CT molecular complexity index is 303. The number of hydrogen-bond donors (Lipinski definition) is 0. The Morgan fingerprint density at radius 3 is 2.57 bits per heavy atom. The number of ether oxygens (including phenoxy) is 1. The van der Waals surface area contributed by atoms with Crippen LogP contribution in [0.4, 0.5) is 12.9 Å². The summed E-state index contributed by atoms with van der Waals surface area (Å²) in [5.41, 5.74) is 0. The molecule has 0 aromatic heterocycles. The highest BCUT2D eigenvalue weighted by Crippen LogP contribution is 2.19. The van der Waals surface area contributed by atoms with E-state index in [1.54, 1.807) is 24.3 Å². The molecule has 0 fully saturated rings. The normalized spacial score (nSPS) is 11.4. The van der Waals surface area contributed by atoms with E-state index in [2.05, 4.69) is 15.9 Å². The lowest BCUT2D eigenvalue weighted by molar-refractivity contribution is 0.320. The Morgan fingerprint density at radius 1 is 1.29 bits per heavy atom. The molecule has 14 heavy (non-hydrogen) atoms. The fourth-order valence-electron chi connectivity index (χ4n) is 0.867. The molecule has 0 saturated carbocycles. The van der Waals surface area contributed by atoms with Crippen LogP contribution in [0.1, 0.15) is 0 Å². The fraction of sp³-hybridized carbons (Fsp3) is 0.250. The number of rotatable bonds is 4. The molecule has 0 N–H and O–H groups in total. The second-order valence-corrected chi connectivity index (χ2v) is 3.72. The average Bonchev–Trinajstić information content (AvgIpc) is 2.01. The van der Waals surface area contributed by atoms with Crippen molar-refractivity contribution in [3.05, 3.63) is 28.7 Å². The molecule has 0 spiro atoms. The van der Waals surface area contributed by atoms with Crippen LogP contribution >= 0.6 is 15.9 Å². The third-order valence-electron chi connectivity index (χ3n) is 1.51. The van der Waals surface area contributed by atoms with Gasteiger partial charge in [-0.2, -0.15) is 0 Å². The summed E-state index contributed by atoms with van der Waals surface area (Å²) in [6, 6.07) is 6.73. The molecule has 1 aromatic carbocycles. The third-order valence-corrected chi connectivity index (χ3v) is 2.00. The minimum absolute atomic E-state index is 0.319. The van der Waals surface area contributed by atoms with E-state index in [-0.39, 0.29) is 6.61 Å². The van der Waals surface area contributed by atoms with Gasteiger partial charge in [0.1, 0.15) is 5.75 Å². The first-order chi connectivity index (χ1) is 6.47. The zero-order chi connectivity index (χ0) is 10.6. The van der Waals surface area contributed by atoms with Gasteiger partial charge in [0.2, 0.25) is 0 Å². The van der Waals surface area contributed by atoms with Gasteiger partial charge in [0.15, 0.2) is 0 Å². The largest absolute Gasteiger partial charge is 0.497 e. The van der Waals surface area contributed by atoms with Gasteiger partial charge in [-0.25, -0.2) is 0 Å². The van der Waals surface area contributed by atoms with Crippen molar-refractivity contribution in [3.8, 4) is 5.75 Å². The average molecular weight is 268 g/mol. The highest BCUT2D eigenvalue weighted by molar-refractivity contribution is 9.10. The molecule has 1 aromatic rings. The van der Waals surface area contributed by atoms with Crippen LogP contribution in [0.5, 0.6) is 5.75 Å². The Labute approximate surface area is 88.4 Å². The first kappa shape index (κ1) is 11.4. The van der Waals surface area contributed by atoms with E-state index in [1.165, 1.54) is 0 Å². The number of benzene rings is 1. The molecule has 0 unspecified atom stereocenters. The van der Waals surface area contributed by atoms with E-state index in [4.69, 9.17) is 4.74 Å². The van der Waals surface area contributed by atoms with Crippen molar-refractivity contribution in [2.24, 2.45) is 0 Å². The van der Waals surface area contributed by atoms with Crippen LogP contribution in [0.15, 0.2) is 28.7 Å². The maximum atomic E-state index is 11.8. The van der Waals surface area contributed by atoms with E-state index >= 15 is 0 Å². The van der Waals surface area contributed by atoms with Crippen LogP contribution in [-0.2, 0) is 0 Å². The van der Waals surface area contributed by atoms with Crippen molar-refractivity contribution in [3.63, 3.8) is 0 Å². The summed E-state index contributed by atoms with van der Waals surface area (Å²) in [7, 11) is 0. The Kier molecular flexibility index (Phi) is 3.86.